The average molecular weight is 291 g/mol. The Morgan fingerprint density at radius 2 is 2.25 bits per heavy atom. The Hall–Kier alpha value is -0.490. The molecular formula is C8H6INOS. The maximum absolute atomic E-state index is 9.39. The second-order valence-electron chi connectivity index (χ2n) is 2.46. The number of hydrogen-bond donors (Lipinski definition) is 2. The van der Waals surface area contributed by atoms with Gasteiger partial charge in [0.05, 0.1) is 9.26 Å². The van der Waals surface area contributed by atoms with Crippen molar-refractivity contribution in [2.24, 2.45) is 0 Å². The lowest BCUT2D eigenvalue weighted by atomic mass is 10.2. The van der Waals surface area contributed by atoms with Crippen LogP contribution in [0.4, 0.5) is 5.69 Å². The van der Waals surface area contributed by atoms with E-state index in [1.807, 2.05) is 11.4 Å². The monoisotopic (exact) mass is 291 g/mol. The van der Waals surface area contributed by atoms with Gasteiger partial charge in [0.1, 0.15) is 5.75 Å². The summed E-state index contributed by atoms with van der Waals surface area (Å²) in [5.74, 6) is 0.172. The summed E-state index contributed by atoms with van der Waals surface area (Å²) in [7, 11) is 0. The number of aromatic hydroxyl groups is 1. The van der Waals surface area contributed by atoms with E-state index < -0.39 is 0 Å². The molecule has 0 aliphatic heterocycles. The molecule has 0 saturated heterocycles. The van der Waals surface area contributed by atoms with Gasteiger partial charge in [0, 0.05) is 4.70 Å². The van der Waals surface area contributed by atoms with E-state index in [0.29, 0.717) is 5.69 Å². The van der Waals surface area contributed by atoms with Crippen LogP contribution in [0.3, 0.4) is 0 Å². The zero-order valence-electron chi connectivity index (χ0n) is 6.04. The summed E-state index contributed by atoms with van der Waals surface area (Å²) < 4.78 is 2.09. The molecule has 0 unspecified atom stereocenters. The summed E-state index contributed by atoms with van der Waals surface area (Å²) in [5, 5.41) is 12.4. The summed E-state index contributed by atoms with van der Waals surface area (Å²) in [6.07, 6.45) is 0. The van der Waals surface area contributed by atoms with Crippen LogP contribution in [0, 0.1) is 3.57 Å². The molecule has 2 aromatic rings. The van der Waals surface area contributed by atoms with Crippen LogP contribution in [0.2, 0.25) is 0 Å². The summed E-state index contributed by atoms with van der Waals surface area (Å²) in [6.45, 7) is 0. The number of hydrogen-bond acceptors (Lipinski definition) is 3. The van der Waals surface area contributed by atoms with Crippen LogP contribution in [0.1, 0.15) is 0 Å². The molecule has 1 aromatic heterocycles. The fraction of sp³-hybridized carbons (Fsp3) is 0. The van der Waals surface area contributed by atoms with Crippen molar-refractivity contribution in [3.8, 4) is 5.75 Å². The molecule has 1 aromatic carbocycles. The average Bonchev–Trinajstić information content (AvgIpc) is 2.48. The summed E-state index contributed by atoms with van der Waals surface area (Å²) >= 11 is 3.79. The van der Waals surface area contributed by atoms with Gasteiger partial charge in [-0.2, -0.15) is 0 Å². The topological polar surface area (TPSA) is 46.2 Å². The molecule has 0 atom stereocenters. The minimum absolute atomic E-state index is 0.172. The van der Waals surface area contributed by atoms with Crippen molar-refractivity contribution < 1.29 is 5.11 Å². The van der Waals surface area contributed by atoms with Crippen molar-refractivity contribution in [3.63, 3.8) is 0 Å². The first-order valence-corrected chi connectivity index (χ1v) is 5.30. The Morgan fingerprint density at radius 3 is 3.00 bits per heavy atom. The van der Waals surface area contributed by atoms with Gasteiger partial charge in [-0.05, 0) is 45.5 Å². The van der Waals surface area contributed by atoms with E-state index in [1.54, 1.807) is 17.4 Å². The van der Waals surface area contributed by atoms with Crippen LogP contribution >= 0.6 is 33.9 Å². The quantitative estimate of drug-likeness (QED) is 0.445. The van der Waals surface area contributed by atoms with Gasteiger partial charge in [0.25, 0.3) is 0 Å². The Morgan fingerprint density at radius 1 is 1.50 bits per heavy atom. The van der Waals surface area contributed by atoms with Gasteiger partial charge in [-0.25, -0.2) is 0 Å². The van der Waals surface area contributed by atoms with Crippen molar-refractivity contribution in [2.45, 2.75) is 0 Å². The van der Waals surface area contributed by atoms with Crippen LogP contribution in [0.5, 0.6) is 5.75 Å². The smallest absolute Gasteiger partial charge is 0.140 e. The third kappa shape index (κ3) is 1.06. The highest BCUT2D eigenvalue weighted by Crippen LogP contribution is 2.36. The van der Waals surface area contributed by atoms with E-state index in [4.69, 9.17) is 5.73 Å². The van der Waals surface area contributed by atoms with E-state index in [2.05, 4.69) is 22.6 Å². The van der Waals surface area contributed by atoms with Gasteiger partial charge in [0.15, 0.2) is 0 Å². The van der Waals surface area contributed by atoms with Crippen molar-refractivity contribution in [3.05, 3.63) is 21.1 Å². The molecule has 4 heteroatoms. The van der Waals surface area contributed by atoms with Crippen molar-refractivity contribution in [2.75, 3.05) is 5.73 Å². The standard InChI is InChI=1S/C8H6INOS/c9-6-7(10)5(11)3-4-1-2-12-8(4)6/h1-3,11H,10H2. The van der Waals surface area contributed by atoms with Crippen LogP contribution < -0.4 is 5.73 Å². The number of benzene rings is 1. The third-order valence-electron chi connectivity index (χ3n) is 1.70. The number of rotatable bonds is 0. The number of thiophene rings is 1. The maximum Gasteiger partial charge on any atom is 0.140 e. The molecule has 62 valence electrons. The second-order valence-corrected chi connectivity index (χ2v) is 4.46. The lowest BCUT2D eigenvalue weighted by molar-refractivity contribution is 0.478. The summed E-state index contributed by atoms with van der Waals surface area (Å²) in [4.78, 5) is 0. The summed E-state index contributed by atoms with van der Waals surface area (Å²) in [5.41, 5.74) is 6.13. The molecule has 3 N–H and O–H groups in total. The van der Waals surface area contributed by atoms with E-state index in [-0.39, 0.29) is 5.75 Å². The molecule has 1 heterocycles. The van der Waals surface area contributed by atoms with Gasteiger partial charge in [-0.1, -0.05) is 0 Å². The highest BCUT2D eigenvalue weighted by Gasteiger charge is 2.07. The number of phenols is 1. The lowest BCUT2D eigenvalue weighted by Gasteiger charge is -2.01. The number of halogens is 1. The lowest BCUT2D eigenvalue weighted by Crippen LogP contribution is -1.89. The first-order valence-electron chi connectivity index (χ1n) is 3.34. The Labute approximate surface area is 87.1 Å². The van der Waals surface area contributed by atoms with Crippen LogP contribution in [0.25, 0.3) is 10.1 Å². The second kappa shape index (κ2) is 2.77. The van der Waals surface area contributed by atoms with Crippen molar-refractivity contribution in [1.82, 2.24) is 0 Å². The van der Waals surface area contributed by atoms with Crippen molar-refractivity contribution in [1.29, 1.82) is 0 Å². The zero-order chi connectivity index (χ0) is 8.72. The van der Waals surface area contributed by atoms with Gasteiger partial charge >= 0.3 is 0 Å². The van der Waals surface area contributed by atoms with E-state index in [1.165, 1.54) is 0 Å². The van der Waals surface area contributed by atoms with Crippen LogP contribution in [-0.4, -0.2) is 5.11 Å². The molecule has 2 nitrogen and oxygen atoms in total. The van der Waals surface area contributed by atoms with E-state index in [9.17, 15) is 5.11 Å². The van der Waals surface area contributed by atoms with Crippen molar-refractivity contribution >= 4 is 49.7 Å². The third-order valence-corrected chi connectivity index (χ3v) is 4.13. The highest BCUT2D eigenvalue weighted by molar-refractivity contribution is 14.1. The number of nitrogens with two attached hydrogens (primary N) is 1. The van der Waals surface area contributed by atoms with E-state index in [0.717, 1.165) is 13.7 Å². The van der Waals surface area contributed by atoms with Gasteiger partial charge < -0.3 is 10.8 Å². The molecule has 0 bridgehead atoms. The molecule has 0 spiro atoms. The molecule has 0 saturated carbocycles. The molecule has 0 fully saturated rings. The SMILES string of the molecule is Nc1c(O)cc2ccsc2c1I. The summed E-state index contributed by atoms with van der Waals surface area (Å²) in [6, 6.07) is 3.67. The molecular weight excluding hydrogens is 285 g/mol. The minimum Gasteiger partial charge on any atom is -0.506 e. The fourth-order valence-electron chi connectivity index (χ4n) is 1.07. The normalized spacial score (nSPS) is 10.8. The van der Waals surface area contributed by atoms with E-state index >= 15 is 0 Å². The highest BCUT2D eigenvalue weighted by atomic mass is 127. The van der Waals surface area contributed by atoms with Crippen LogP contribution in [0.15, 0.2) is 17.5 Å². The molecule has 0 aliphatic carbocycles. The number of phenolic OH excluding ortho intramolecular Hbond substituents is 1. The first-order chi connectivity index (χ1) is 5.70. The number of fused-ring (bicyclic) bond motifs is 1. The van der Waals surface area contributed by atoms with Gasteiger partial charge in [0.2, 0.25) is 0 Å². The number of nitrogen functional groups attached to an aromatic ring is 1. The molecule has 0 aliphatic rings. The largest absolute Gasteiger partial charge is 0.506 e. The predicted molar refractivity (Wildman–Crippen MR) is 60.6 cm³/mol. The number of anilines is 1. The predicted octanol–water partition coefficient (Wildman–Crippen LogP) is 2.79. The van der Waals surface area contributed by atoms with Gasteiger partial charge in [-0.15, -0.1) is 11.3 Å². The Kier molecular flexibility index (Phi) is 1.88. The molecule has 0 radical (unpaired) electrons. The Balaban J connectivity index is 2.94. The maximum atomic E-state index is 9.39. The van der Waals surface area contributed by atoms with Gasteiger partial charge in [-0.3, -0.25) is 0 Å². The zero-order valence-corrected chi connectivity index (χ0v) is 9.02. The Bertz CT molecular complexity index is 438. The molecule has 12 heavy (non-hydrogen) atoms. The molecule has 0 amide bonds. The molecule has 2 rings (SSSR count). The first kappa shape index (κ1) is 8.12. The van der Waals surface area contributed by atoms with Crippen LogP contribution in [-0.2, 0) is 0 Å². The minimum atomic E-state index is 0.172. The fourth-order valence-corrected chi connectivity index (χ4v) is 2.87.